The third-order valence-electron chi connectivity index (χ3n) is 3.48. The molecule has 1 aromatic heterocycles. The van der Waals surface area contributed by atoms with Crippen LogP contribution in [0.25, 0.3) is 0 Å². The summed E-state index contributed by atoms with van der Waals surface area (Å²) < 4.78 is 0. The van der Waals surface area contributed by atoms with E-state index in [2.05, 4.69) is 44.9 Å². The monoisotopic (exact) mass is 238 g/mol. The predicted octanol–water partition coefficient (Wildman–Crippen LogP) is 3.38. The van der Waals surface area contributed by atoms with Crippen LogP contribution in [0, 0.1) is 19.8 Å². The van der Waals surface area contributed by atoms with E-state index in [-0.39, 0.29) is 5.54 Å². The van der Waals surface area contributed by atoms with Crippen LogP contribution in [0.5, 0.6) is 0 Å². The Balaban J connectivity index is 2.10. The predicted molar refractivity (Wildman–Crippen MR) is 69.9 cm³/mol. The summed E-state index contributed by atoms with van der Waals surface area (Å²) in [5.74, 6) is 0.890. The molecule has 0 aromatic carbocycles. The van der Waals surface area contributed by atoms with Crippen LogP contribution in [-0.2, 0) is 5.54 Å². The zero-order valence-corrected chi connectivity index (χ0v) is 11.7. The lowest BCUT2D eigenvalue weighted by molar-refractivity contribution is 0.331. The Bertz CT molecular complexity index is 358. The number of aromatic nitrogens is 1. The van der Waals surface area contributed by atoms with E-state index in [9.17, 15) is 0 Å². The van der Waals surface area contributed by atoms with Crippen molar-refractivity contribution >= 4 is 11.3 Å². The normalized spacial score (nSPS) is 18.8. The molecule has 0 amide bonds. The number of nitrogens with one attached hydrogen (secondary N) is 1. The van der Waals surface area contributed by atoms with Crippen molar-refractivity contribution in [1.82, 2.24) is 10.3 Å². The lowest BCUT2D eigenvalue weighted by atomic mass is 10.0. The molecule has 1 atom stereocenters. The summed E-state index contributed by atoms with van der Waals surface area (Å²) in [6.45, 7) is 11.0. The van der Waals surface area contributed by atoms with Crippen molar-refractivity contribution in [2.75, 3.05) is 0 Å². The average molecular weight is 238 g/mol. The van der Waals surface area contributed by atoms with Crippen molar-refractivity contribution in [3.05, 3.63) is 15.6 Å². The summed E-state index contributed by atoms with van der Waals surface area (Å²) in [4.78, 5) is 6.01. The molecular weight excluding hydrogens is 216 g/mol. The van der Waals surface area contributed by atoms with Crippen LogP contribution in [0.2, 0.25) is 0 Å². The zero-order valence-electron chi connectivity index (χ0n) is 10.9. The Kier molecular flexibility index (Phi) is 3.10. The highest BCUT2D eigenvalue weighted by atomic mass is 32.1. The summed E-state index contributed by atoms with van der Waals surface area (Å²) in [6.07, 6.45) is 2.78. The molecule has 90 valence electrons. The van der Waals surface area contributed by atoms with E-state index in [4.69, 9.17) is 0 Å². The molecule has 1 aromatic rings. The molecule has 16 heavy (non-hydrogen) atoms. The molecule has 1 saturated carbocycles. The van der Waals surface area contributed by atoms with Gasteiger partial charge in [-0.3, -0.25) is 0 Å². The fourth-order valence-electron chi connectivity index (χ4n) is 2.09. The van der Waals surface area contributed by atoms with Gasteiger partial charge in [0.1, 0.15) is 5.01 Å². The highest BCUT2D eigenvalue weighted by Gasteiger charge is 2.33. The van der Waals surface area contributed by atoms with Gasteiger partial charge >= 0.3 is 0 Å². The fraction of sp³-hybridized carbons (Fsp3) is 0.769. The molecule has 0 aliphatic heterocycles. The minimum Gasteiger partial charge on any atom is -0.303 e. The van der Waals surface area contributed by atoms with Gasteiger partial charge in [-0.05, 0) is 53.4 Å². The largest absolute Gasteiger partial charge is 0.303 e. The lowest BCUT2D eigenvalue weighted by Crippen LogP contribution is -2.43. The van der Waals surface area contributed by atoms with E-state index in [1.165, 1.54) is 28.4 Å². The first-order chi connectivity index (χ1) is 7.40. The van der Waals surface area contributed by atoms with E-state index in [1.54, 1.807) is 0 Å². The van der Waals surface area contributed by atoms with Crippen LogP contribution >= 0.6 is 11.3 Å². The molecule has 0 bridgehead atoms. The molecule has 3 heteroatoms. The maximum absolute atomic E-state index is 4.67. The molecule has 1 aliphatic carbocycles. The first kappa shape index (κ1) is 12.1. The van der Waals surface area contributed by atoms with Crippen LogP contribution in [-0.4, -0.2) is 11.0 Å². The number of thiazole rings is 1. The first-order valence-electron chi connectivity index (χ1n) is 6.12. The molecule has 0 radical (unpaired) electrons. The minimum absolute atomic E-state index is 0.00565. The summed E-state index contributed by atoms with van der Waals surface area (Å²) in [5, 5.41) is 4.94. The topological polar surface area (TPSA) is 24.9 Å². The van der Waals surface area contributed by atoms with Gasteiger partial charge in [-0.1, -0.05) is 0 Å². The lowest BCUT2D eigenvalue weighted by Gasteiger charge is -2.28. The van der Waals surface area contributed by atoms with Crippen molar-refractivity contribution in [1.29, 1.82) is 0 Å². The summed E-state index contributed by atoms with van der Waals surface area (Å²) in [7, 11) is 0. The fourth-order valence-corrected chi connectivity index (χ4v) is 3.07. The number of nitrogens with zero attached hydrogens (tertiary/aromatic N) is 1. The third kappa shape index (κ3) is 2.46. The molecule has 2 nitrogen and oxygen atoms in total. The average Bonchev–Trinajstić information content (AvgIpc) is 2.94. The number of hydrogen-bond donors (Lipinski definition) is 1. The summed E-state index contributed by atoms with van der Waals surface area (Å²) >= 11 is 1.82. The second-order valence-corrected chi connectivity index (χ2v) is 6.76. The molecule has 2 rings (SSSR count). The Morgan fingerprint density at radius 2 is 2.00 bits per heavy atom. The molecule has 0 saturated heterocycles. The highest BCUT2D eigenvalue weighted by molar-refractivity contribution is 7.11. The van der Waals surface area contributed by atoms with Gasteiger partial charge < -0.3 is 5.32 Å². The van der Waals surface area contributed by atoms with Crippen molar-refractivity contribution in [3.8, 4) is 0 Å². The van der Waals surface area contributed by atoms with Gasteiger partial charge in [-0.15, -0.1) is 11.3 Å². The Morgan fingerprint density at radius 3 is 2.44 bits per heavy atom. The maximum Gasteiger partial charge on any atom is 0.113 e. The Morgan fingerprint density at radius 1 is 1.38 bits per heavy atom. The van der Waals surface area contributed by atoms with Crippen LogP contribution in [0.15, 0.2) is 0 Å². The quantitative estimate of drug-likeness (QED) is 0.870. The van der Waals surface area contributed by atoms with Gasteiger partial charge in [-0.2, -0.15) is 0 Å². The van der Waals surface area contributed by atoms with Gasteiger partial charge in [0.25, 0.3) is 0 Å². The molecule has 0 spiro atoms. The molecule has 1 aliphatic rings. The Hall–Kier alpha value is -0.410. The van der Waals surface area contributed by atoms with Gasteiger partial charge in [0.2, 0.25) is 0 Å². The van der Waals surface area contributed by atoms with Crippen LogP contribution in [0.4, 0.5) is 0 Å². The zero-order chi connectivity index (χ0) is 11.9. The van der Waals surface area contributed by atoms with E-state index in [0.29, 0.717) is 6.04 Å². The van der Waals surface area contributed by atoms with Crippen LogP contribution in [0.1, 0.15) is 49.2 Å². The molecule has 1 fully saturated rings. The number of hydrogen-bond acceptors (Lipinski definition) is 3. The first-order valence-corrected chi connectivity index (χ1v) is 6.94. The second-order valence-electron chi connectivity index (χ2n) is 5.56. The van der Waals surface area contributed by atoms with E-state index in [1.807, 2.05) is 11.3 Å². The van der Waals surface area contributed by atoms with Crippen molar-refractivity contribution in [2.45, 2.75) is 59.0 Å². The van der Waals surface area contributed by atoms with Crippen molar-refractivity contribution < 1.29 is 0 Å². The van der Waals surface area contributed by atoms with Gasteiger partial charge in [-0.25, -0.2) is 4.98 Å². The highest BCUT2D eigenvalue weighted by Crippen LogP contribution is 2.35. The second kappa shape index (κ2) is 4.11. The molecule has 1 N–H and O–H groups in total. The van der Waals surface area contributed by atoms with Gasteiger partial charge in [0, 0.05) is 10.9 Å². The molecular formula is C13H22N2S. The van der Waals surface area contributed by atoms with E-state index < -0.39 is 0 Å². The molecule has 1 heterocycles. The standard InChI is InChI=1S/C13H22N2S/c1-8-10(3)16-12(14-8)13(4,5)15-9(2)11-6-7-11/h9,11,15H,6-7H2,1-5H3. The summed E-state index contributed by atoms with van der Waals surface area (Å²) in [6, 6.07) is 0.611. The van der Waals surface area contributed by atoms with Gasteiger partial charge in [0.15, 0.2) is 0 Å². The maximum atomic E-state index is 4.67. The van der Waals surface area contributed by atoms with Crippen LogP contribution in [0.3, 0.4) is 0 Å². The molecule has 1 unspecified atom stereocenters. The minimum atomic E-state index is 0.00565. The van der Waals surface area contributed by atoms with Crippen molar-refractivity contribution in [2.24, 2.45) is 5.92 Å². The van der Waals surface area contributed by atoms with Crippen molar-refractivity contribution in [3.63, 3.8) is 0 Å². The third-order valence-corrected chi connectivity index (χ3v) is 4.88. The van der Waals surface area contributed by atoms with Crippen LogP contribution < -0.4 is 5.32 Å². The van der Waals surface area contributed by atoms with E-state index in [0.717, 1.165) is 5.92 Å². The SMILES string of the molecule is Cc1nc(C(C)(C)NC(C)C2CC2)sc1C. The smallest absolute Gasteiger partial charge is 0.113 e. The van der Waals surface area contributed by atoms with E-state index >= 15 is 0 Å². The number of aryl methyl sites for hydroxylation is 2. The Labute approximate surface area is 102 Å². The van der Waals surface area contributed by atoms with Gasteiger partial charge in [0.05, 0.1) is 11.2 Å². The number of rotatable bonds is 4. The summed E-state index contributed by atoms with van der Waals surface area (Å²) in [5.41, 5.74) is 1.18.